The monoisotopic (exact) mass is 243 g/mol. The molecule has 2 aromatic rings. The average Bonchev–Trinajstić information content (AvgIpc) is 3.15. The van der Waals surface area contributed by atoms with Crippen LogP contribution in [0.15, 0.2) is 18.2 Å². The van der Waals surface area contributed by atoms with Gasteiger partial charge in [-0.3, -0.25) is 0 Å². The third-order valence-corrected chi connectivity index (χ3v) is 4.15. The van der Waals surface area contributed by atoms with Gasteiger partial charge < -0.3 is 10.3 Å². The van der Waals surface area contributed by atoms with Crippen LogP contribution >= 0.6 is 0 Å². The van der Waals surface area contributed by atoms with Gasteiger partial charge in [-0.25, -0.2) is 4.98 Å². The normalized spacial score (nSPS) is 16.4. The van der Waals surface area contributed by atoms with Crippen molar-refractivity contribution in [1.82, 2.24) is 9.55 Å². The molecule has 3 rings (SSSR count). The van der Waals surface area contributed by atoms with Crippen LogP contribution < -0.4 is 5.73 Å². The van der Waals surface area contributed by atoms with E-state index in [2.05, 4.69) is 43.7 Å². The van der Waals surface area contributed by atoms with Crippen molar-refractivity contribution in [1.29, 1.82) is 0 Å². The molecule has 0 unspecified atom stereocenters. The Morgan fingerprint density at radius 1 is 1.39 bits per heavy atom. The van der Waals surface area contributed by atoms with E-state index in [0.717, 1.165) is 5.52 Å². The number of aromatic nitrogens is 2. The van der Waals surface area contributed by atoms with Crippen LogP contribution in [-0.2, 0) is 12.5 Å². The topological polar surface area (TPSA) is 43.8 Å². The van der Waals surface area contributed by atoms with E-state index < -0.39 is 0 Å². The van der Waals surface area contributed by atoms with Crippen LogP contribution in [0.2, 0.25) is 0 Å². The van der Waals surface area contributed by atoms with Gasteiger partial charge in [-0.05, 0) is 30.5 Å². The Balaban J connectivity index is 2.12. The predicted molar refractivity (Wildman–Crippen MR) is 74.8 cm³/mol. The van der Waals surface area contributed by atoms with Crippen LogP contribution in [-0.4, -0.2) is 16.1 Å². The second-order valence-electron chi connectivity index (χ2n) is 6.09. The van der Waals surface area contributed by atoms with Gasteiger partial charge in [-0.1, -0.05) is 19.9 Å². The maximum absolute atomic E-state index is 5.85. The summed E-state index contributed by atoms with van der Waals surface area (Å²) in [4.78, 5) is 4.80. The van der Waals surface area contributed by atoms with E-state index in [1.54, 1.807) is 0 Å². The lowest BCUT2D eigenvalue weighted by molar-refractivity contribution is 0.539. The van der Waals surface area contributed by atoms with Gasteiger partial charge in [0.1, 0.15) is 5.82 Å². The van der Waals surface area contributed by atoms with Crippen molar-refractivity contribution >= 4 is 11.0 Å². The van der Waals surface area contributed by atoms with E-state index in [9.17, 15) is 0 Å². The zero-order valence-corrected chi connectivity index (χ0v) is 11.4. The summed E-state index contributed by atoms with van der Waals surface area (Å²) >= 11 is 0. The van der Waals surface area contributed by atoms with Crippen molar-refractivity contribution in [2.45, 2.75) is 38.0 Å². The number of fused-ring (bicyclic) bond motifs is 1. The number of benzene rings is 1. The van der Waals surface area contributed by atoms with Gasteiger partial charge >= 0.3 is 0 Å². The molecule has 1 aromatic heterocycles. The van der Waals surface area contributed by atoms with Gasteiger partial charge in [0.15, 0.2) is 0 Å². The maximum Gasteiger partial charge on any atom is 0.112 e. The lowest BCUT2D eigenvalue weighted by Gasteiger charge is -2.22. The maximum atomic E-state index is 5.85. The Morgan fingerprint density at radius 2 is 2.11 bits per heavy atom. The van der Waals surface area contributed by atoms with Gasteiger partial charge in [0.25, 0.3) is 0 Å². The van der Waals surface area contributed by atoms with Crippen molar-refractivity contribution in [3.05, 3.63) is 29.6 Å². The third-order valence-electron chi connectivity index (χ3n) is 4.15. The van der Waals surface area contributed by atoms with Gasteiger partial charge in [0, 0.05) is 24.9 Å². The number of rotatable bonds is 3. The molecule has 0 aliphatic heterocycles. The number of nitrogens with two attached hydrogens (primary N) is 1. The lowest BCUT2D eigenvalue weighted by Crippen LogP contribution is -2.27. The van der Waals surface area contributed by atoms with Crippen LogP contribution in [0, 0.1) is 0 Å². The van der Waals surface area contributed by atoms with E-state index in [1.165, 1.54) is 29.7 Å². The molecule has 0 atom stereocenters. The molecule has 1 fully saturated rings. The fraction of sp³-hybridized carbons (Fsp3) is 0.533. The Hall–Kier alpha value is -1.35. The molecule has 0 radical (unpaired) electrons. The van der Waals surface area contributed by atoms with E-state index in [0.29, 0.717) is 12.5 Å². The molecule has 0 spiro atoms. The van der Waals surface area contributed by atoms with Crippen LogP contribution in [0.5, 0.6) is 0 Å². The summed E-state index contributed by atoms with van der Waals surface area (Å²) in [5.41, 5.74) is 9.49. The Bertz CT molecular complexity index is 591. The molecule has 0 bridgehead atoms. The Morgan fingerprint density at radius 3 is 2.72 bits per heavy atom. The number of aryl methyl sites for hydroxylation is 1. The SMILES string of the molecule is Cn1c(C2CC2)nc2cc(C(C)(C)CN)ccc21. The number of hydrogen-bond acceptors (Lipinski definition) is 2. The summed E-state index contributed by atoms with van der Waals surface area (Å²) in [6, 6.07) is 6.57. The third kappa shape index (κ3) is 1.74. The summed E-state index contributed by atoms with van der Waals surface area (Å²) in [6.07, 6.45) is 2.58. The second-order valence-corrected chi connectivity index (χ2v) is 6.09. The molecular weight excluding hydrogens is 222 g/mol. The molecule has 3 nitrogen and oxygen atoms in total. The van der Waals surface area contributed by atoms with Crippen molar-refractivity contribution in [3.63, 3.8) is 0 Å². The van der Waals surface area contributed by atoms with E-state index in [4.69, 9.17) is 10.7 Å². The van der Waals surface area contributed by atoms with Crippen molar-refractivity contribution in [3.8, 4) is 0 Å². The molecule has 96 valence electrons. The smallest absolute Gasteiger partial charge is 0.112 e. The highest BCUT2D eigenvalue weighted by Crippen LogP contribution is 2.40. The van der Waals surface area contributed by atoms with Crippen LogP contribution in [0.3, 0.4) is 0 Å². The Kier molecular flexibility index (Phi) is 2.49. The minimum absolute atomic E-state index is 0.0193. The molecule has 0 saturated heterocycles. The van der Waals surface area contributed by atoms with Crippen LogP contribution in [0.25, 0.3) is 11.0 Å². The zero-order valence-electron chi connectivity index (χ0n) is 11.4. The zero-order chi connectivity index (χ0) is 12.9. The highest BCUT2D eigenvalue weighted by molar-refractivity contribution is 5.77. The molecule has 1 heterocycles. The average molecular weight is 243 g/mol. The van der Waals surface area contributed by atoms with Gasteiger partial charge in [0.05, 0.1) is 11.0 Å². The predicted octanol–water partition coefficient (Wildman–Crippen LogP) is 2.69. The van der Waals surface area contributed by atoms with E-state index >= 15 is 0 Å². The fourth-order valence-electron chi connectivity index (χ4n) is 2.46. The van der Waals surface area contributed by atoms with Crippen molar-refractivity contribution in [2.24, 2.45) is 12.8 Å². The molecule has 1 aliphatic rings. The first-order chi connectivity index (χ1) is 8.53. The molecule has 0 amide bonds. The molecule has 18 heavy (non-hydrogen) atoms. The van der Waals surface area contributed by atoms with Gasteiger partial charge in [0.2, 0.25) is 0 Å². The van der Waals surface area contributed by atoms with Crippen molar-refractivity contribution < 1.29 is 0 Å². The summed E-state index contributed by atoms with van der Waals surface area (Å²) in [7, 11) is 2.12. The summed E-state index contributed by atoms with van der Waals surface area (Å²) in [5, 5.41) is 0. The first kappa shape index (κ1) is 11.7. The fourth-order valence-corrected chi connectivity index (χ4v) is 2.46. The van der Waals surface area contributed by atoms with Gasteiger partial charge in [-0.2, -0.15) is 0 Å². The molecular formula is C15H21N3. The van der Waals surface area contributed by atoms with Gasteiger partial charge in [-0.15, -0.1) is 0 Å². The standard InChI is InChI=1S/C15H21N3/c1-15(2,9-16)11-6-7-13-12(8-11)17-14(18(13)3)10-4-5-10/h6-8,10H,4-5,9,16H2,1-3H3. The van der Waals surface area contributed by atoms with Crippen LogP contribution in [0.4, 0.5) is 0 Å². The molecule has 2 N–H and O–H groups in total. The molecule has 1 aromatic carbocycles. The highest BCUT2D eigenvalue weighted by atomic mass is 15.1. The van der Waals surface area contributed by atoms with E-state index in [1.807, 2.05) is 0 Å². The minimum Gasteiger partial charge on any atom is -0.331 e. The summed E-state index contributed by atoms with van der Waals surface area (Å²) < 4.78 is 2.24. The number of imidazole rings is 1. The molecule has 1 saturated carbocycles. The first-order valence-electron chi connectivity index (χ1n) is 6.70. The number of hydrogen-bond donors (Lipinski definition) is 1. The first-order valence-corrected chi connectivity index (χ1v) is 6.70. The second kappa shape index (κ2) is 3.82. The quantitative estimate of drug-likeness (QED) is 0.900. The molecule has 1 aliphatic carbocycles. The number of nitrogens with zero attached hydrogens (tertiary/aromatic N) is 2. The summed E-state index contributed by atoms with van der Waals surface area (Å²) in [6.45, 7) is 5.01. The Labute approximate surface area is 108 Å². The highest BCUT2D eigenvalue weighted by Gasteiger charge is 2.29. The largest absolute Gasteiger partial charge is 0.331 e. The van der Waals surface area contributed by atoms with Crippen LogP contribution in [0.1, 0.15) is 44.0 Å². The van der Waals surface area contributed by atoms with E-state index in [-0.39, 0.29) is 5.41 Å². The lowest BCUT2D eigenvalue weighted by atomic mass is 9.85. The molecule has 3 heteroatoms. The van der Waals surface area contributed by atoms with Crippen molar-refractivity contribution in [2.75, 3.05) is 6.54 Å². The summed E-state index contributed by atoms with van der Waals surface area (Å²) in [5.74, 6) is 1.93. The minimum atomic E-state index is 0.0193.